The molecule has 0 radical (unpaired) electrons. The number of imidazole rings is 1. The molecule has 37 heavy (non-hydrogen) atoms. The number of aryl methyl sites for hydroxylation is 3. The first kappa shape index (κ1) is 26.5. The fraction of sp³-hybridized carbons (Fsp3) is 0.290. The highest BCUT2D eigenvalue weighted by Crippen LogP contribution is 2.26. The van der Waals surface area contributed by atoms with Gasteiger partial charge in [-0.2, -0.15) is 0 Å². The summed E-state index contributed by atoms with van der Waals surface area (Å²) in [6.07, 6.45) is 7.27. The Hall–Kier alpha value is -3.57. The van der Waals surface area contributed by atoms with Crippen molar-refractivity contribution in [2.24, 2.45) is 0 Å². The monoisotopic (exact) mass is 515 g/mol. The summed E-state index contributed by atoms with van der Waals surface area (Å²) in [5.41, 5.74) is 5.20. The van der Waals surface area contributed by atoms with Gasteiger partial charge in [0.05, 0.1) is 17.6 Å². The minimum absolute atomic E-state index is 0.0586. The highest BCUT2D eigenvalue weighted by Gasteiger charge is 2.11. The number of benzene rings is 3. The van der Waals surface area contributed by atoms with Crippen molar-refractivity contribution >= 4 is 34.6 Å². The number of nitrogens with zero attached hydrogens (tertiary/aromatic N) is 2. The molecule has 0 atom stereocenters. The molecule has 0 fully saturated rings. The smallest absolute Gasteiger partial charge is 0.243 e. The van der Waals surface area contributed by atoms with E-state index in [-0.39, 0.29) is 5.91 Å². The van der Waals surface area contributed by atoms with Gasteiger partial charge in [0.2, 0.25) is 5.91 Å². The molecule has 0 spiro atoms. The first-order chi connectivity index (χ1) is 18.0. The van der Waals surface area contributed by atoms with Gasteiger partial charge in [0, 0.05) is 24.1 Å². The van der Waals surface area contributed by atoms with Crippen molar-refractivity contribution in [2.45, 2.75) is 46.1 Å². The van der Waals surface area contributed by atoms with E-state index in [9.17, 15) is 4.79 Å². The first-order valence-electron chi connectivity index (χ1n) is 12.9. The summed E-state index contributed by atoms with van der Waals surface area (Å²) < 4.78 is 8.34. The van der Waals surface area contributed by atoms with Gasteiger partial charge in [-0.3, -0.25) is 4.79 Å². The van der Waals surface area contributed by atoms with E-state index in [2.05, 4.69) is 22.0 Å². The normalized spacial score (nSPS) is 11.3. The van der Waals surface area contributed by atoms with E-state index in [0.717, 1.165) is 76.5 Å². The molecular formula is C31H34ClN3O2. The second-order valence-electron chi connectivity index (χ2n) is 9.23. The van der Waals surface area contributed by atoms with Gasteiger partial charge in [0.25, 0.3) is 0 Å². The van der Waals surface area contributed by atoms with Gasteiger partial charge in [0.1, 0.15) is 18.2 Å². The van der Waals surface area contributed by atoms with Gasteiger partial charge in [-0.1, -0.05) is 60.5 Å². The quantitative estimate of drug-likeness (QED) is 0.164. The third kappa shape index (κ3) is 7.46. The largest absolute Gasteiger partial charge is 0.492 e. The number of carbonyl (C=O) groups is 1. The third-order valence-electron chi connectivity index (χ3n) is 6.33. The molecule has 4 aromatic rings. The topological polar surface area (TPSA) is 56.1 Å². The lowest BCUT2D eigenvalue weighted by Crippen LogP contribution is -2.22. The van der Waals surface area contributed by atoms with Gasteiger partial charge in [-0.15, -0.1) is 0 Å². The van der Waals surface area contributed by atoms with E-state index in [0.29, 0.717) is 13.2 Å². The second kappa shape index (κ2) is 13.1. The summed E-state index contributed by atoms with van der Waals surface area (Å²) in [5, 5.41) is 3.76. The molecule has 0 aliphatic carbocycles. The van der Waals surface area contributed by atoms with Crippen LogP contribution in [0.1, 0.15) is 41.8 Å². The Morgan fingerprint density at radius 3 is 2.51 bits per heavy atom. The zero-order valence-electron chi connectivity index (χ0n) is 21.5. The van der Waals surface area contributed by atoms with Gasteiger partial charge in [0.15, 0.2) is 0 Å². The number of ether oxygens (including phenoxy) is 1. The van der Waals surface area contributed by atoms with Crippen LogP contribution in [0, 0.1) is 13.8 Å². The fourth-order valence-corrected chi connectivity index (χ4v) is 4.51. The van der Waals surface area contributed by atoms with Crippen molar-refractivity contribution < 1.29 is 9.53 Å². The molecule has 5 nitrogen and oxygen atoms in total. The van der Waals surface area contributed by atoms with Crippen LogP contribution in [0.4, 0.5) is 0 Å². The van der Waals surface area contributed by atoms with Gasteiger partial charge >= 0.3 is 0 Å². The number of halogens is 1. The molecule has 0 bridgehead atoms. The van der Waals surface area contributed by atoms with Crippen LogP contribution in [0.25, 0.3) is 17.1 Å². The number of hydrogen-bond acceptors (Lipinski definition) is 3. The number of amides is 1. The summed E-state index contributed by atoms with van der Waals surface area (Å²) in [6, 6.07) is 22.0. The Morgan fingerprint density at radius 2 is 1.73 bits per heavy atom. The number of para-hydroxylation sites is 2. The molecule has 1 N–H and O–H groups in total. The van der Waals surface area contributed by atoms with Crippen molar-refractivity contribution in [1.29, 1.82) is 0 Å². The van der Waals surface area contributed by atoms with Crippen LogP contribution < -0.4 is 10.1 Å². The van der Waals surface area contributed by atoms with Crippen LogP contribution >= 0.6 is 11.6 Å². The molecule has 1 aromatic heterocycles. The number of rotatable bonds is 12. The van der Waals surface area contributed by atoms with Crippen molar-refractivity contribution in [3.63, 3.8) is 0 Å². The van der Waals surface area contributed by atoms with E-state index in [1.807, 2.05) is 74.5 Å². The molecule has 0 saturated heterocycles. The molecule has 3 aromatic carbocycles. The highest BCUT2D eigenvalue weighted by molar-refractivity contribution is 6.32. The highest BCUT2D eigenvalue weighted by atomic mass is 35.5. The molecule has 192 valence electrons. The molecule has 0 aliphatic heterocycles. The van der Waals surface area contributed by atoms with Crippen LogP contribution in [0.15, 0.2) is 72.8 Å². The van der Waals surface area contributed by atoms with Crippen molar-refractivity contribution in [2.75, 3.05) is 13.2 Å². The zero-order chi connectivity index (χ0) is 26.0. The first-order valence-corrected chi connectivity index (χ1v) is 13.2. The second-order valence-corrected chi connectivity index (χ2v) is 9.61. The summed E-state index contributed by atoms with van der Waals surface area (Å²) >= 11 is 6.29. The fourth-order valence-electron chi connectivity index (χ4n) is 4.40. The maximum Gasteiger partial charge on any atom is 0.243 e. The van der Waals surface area contributed by atoms with Crippen molar-refractivity contribution in [1.82, 2.24) is 14.9 Å². The lowest BCUT2D eigenvalue weighted by molar-refractivity contribution is -0.116. The van der Waals surface area contributed by atoms with Crippen molar-refractivity contribution in [3.05, 3.63) is 100 Å². The number of aromatic nitrogens is 2. The molecule has 1 amide bonds. The van der Waals surface area contributed by atoms with Crippen LogP contribution in [-0.4, -0.2) is 28.6 Å². The van der Waals surface area contributed by atoms with Crippen LogP contribution in [0.5, 0.6) is 5.75 Å². The van der Waals surface area contributed by atoms with E-state index < -0.39 is 0 Å². The summed E-state index contributed by atoms with van der Waals surface area (Å²) in [4.78, 5) is 16.9. The lowest BCUT2D eigenvalue weighted by Gasteiger charge is -2.13. The Bertz CT molecular complexity index is 1340. The molecule has 6 heteroatoms. The lowest BCUT2D eigenvalue weighted by atomic mass is 10.1. The minimum Gasteiger partial charge on any atom is -0.492 e. The molecule has 0 unspecified atom stereocenters. The van der Waals surface area contributed by atoms with Crippen molar-refractivity contribution in [3.8, 4) is 5.75 Å². The summed E-state index contributed by atoms with van der Waals surface area (Å²) in [7, 11) is 0. The number of carbonyl (C=O) groups excluding carboxylic acids is 1. The minimum atomic E-state index is -0.0586. The Kier molecular flexibility index (Phi) is 9.39. The summed E-state index contributed by atoms with van der Waals surface area (Å²) in [6.45, 7) is 5.94. The van der Waals surface area contributed by atoms with E-state index >= 15 is 0 Å². The van der Waals surface area contributed by atoms with Gasteiger partial charge in [-0.05, 0) is 73.7 Å². The van der Waals surface area contributed by atoms with Gasteiger partial charge < -0.3 is 14.6 Å². The average molecular weight is 516 g/mol. The Morgan fingerprint density at radius 1 is 1.00 bits per heavy atom. The van der Waals surface area contributed by atoms with Crippen LogP contribution in [0.3, 0.4) is 0 Å². The summed E-state index contributed by atoms with van der Waals surface area (Å²) in [5.74, 6) is 1.85. The molecule has 4 rings (SSSR count). The Labute approximate surface area is 224 Å². The standard InChI is InChI=1S/C31H34ClN3O2/c1-23-21-26(22-24(2)31(23)32)37-20-19-35-28-14-9-8-13-27(28)34-29(35)15-7-4-10-18-33-30(36)17-16-25-11-5-3-6-12-25/h3,5-6,8-9,11-14,16-17,21-22H,4,7,10,15,18-20H2,1-2H3,(H,33,36)/b17-16+. The maximum atomic E-state index is 12.0. The molecule has 0 saturated carbocycles. The SMILES string of the molecule is Cc1cc(OCCn2c(CCCCCNC(=O)/C=C/c3ccccc3)nc3ccccc32)cc(C)c1Cl. The van der Waals surface area contributed by atoms with Crippen LogP contribution in [0.2, 0.25) is 5.02 Å². The van der Waals surface area contributed by atoms with Crippen LogP contribution in [-0.2, 0) is 17.8 Å². The molecule has 0 aliphatic rings. The Balaban J connectivity index is 1.25. The molecular weight excluding hydrogens is 482 g/mol. The van der Waals surface area contributed by atoms with E-state index in [1.165, 1.54) is 0 Å². The maximum absolute atomic E-state index is 12.0. The predicted octanol–water partition coefficient (Wildman–Crippen LogP) is 6.93. The van der Waals surface area contributed by atoms with Gasteiger partial charge in [-0.25, -0.2) is 4.98 Å². The number of hydrogen-bond donors (Lipinski definition) is 1. The zero-order valence-corrected chi connectivity index (χ0v) is 22.3. The van der Waals surface area contributed by atoms with E-state index in [1.54, 1.807) is 6.08 Å². The number of unbranched alkanes of at least 4 members (excludes halogenated alkanes) is 2. The average Bonchev–Trinajstić information content (AvgIpc) is 3.26. The number of nitrogens with one attached hydrogen (secondary N) is 1. The van der Waals surface area contributed by atoms with E-state index in [4.69, 9.17) is 21.3 Å². The third-order valence-corrected chi connectivity index (χ3v) is 6.93. The number of fused-ring (bicyclic) bond motifs is 1. The predicted molar refractivity (Wildman–Crippen MR) is 152 cm³/mol. The molecule has 1 heterocycles.